The van der Waals surface area contributed by atoms with Gasteiger partial charge in [0, 0.05) is 11.0 Å². The molecule has 0 fully saturated rings. The summed E-state index contributed by atoms with van der Waals surface area (Å²) in [4.78, 5) is 0. The van der Waals surface area contributed by atoms with Crippen LogP contribution >= 0.6 is 11.8 Å². The van der Waals surface area contributed by atoms with E-state index in [0.717, 1.165) is 5.56 Å². The van der Waals surface area contributed by atoms with E-state index in [1.54, 1.807) is 0 Å². The summed E-state index contributed by atoms with van der Waals surface area (Å²) >= 11 is 2.11. The predicted molar refractivity (Wildman–Crippen MR) is 112 cm³/mol. The van der Waals surface area contributed by atoms with Crippen molar-refractivity contribution < 1.29 is 0 Å². The van der Waals surface area contributed by atoms with Crippen molar-refractivity contribution in [2.45, 2.75) is 79.1 Å². The van der Waals surface area contributed by atoms with Crippen molar-refractivity contribution in [3.05, 3.63) is 35.4 Å². The van der Waals surface area contributed by atoms with Gasteiger partial charge in [-0.2, -0.15) is 11.8 Å². The Morgan fingerprint density at radius 3 is 2.08 bits per heavy atom. The fraction of sp³-hybridized carbons (Fsp3) is 0.652. The third-order valence-electron chi connectivity index (χ3n) is 3.89. The molecule has 0 bridgehead atoms. The van der Waals surface area contributed by atoms with Crippen LogP contribution in [0.4, 0.5) is 0 Å². The monoisotopic (exact) mass is 344 g/mol. The predicted octanol–water partition coefficient (Wildman–Crippen LogP) is 7.11. The van der Waals surface area contributed by atoms with Crippen LogP contribution < -0.4 is 0 Å². The first-order valence-corrected chi connectivity index (χ1v) is 10.9. The molecule has 0 saturated heterocycles. The van der Waals surface area contributed by atoms with Crippen molar-refractivity contribution in [2.24, 2.45) is 5.41 Å². The van der Waals surface area contributed by atoms with E-state index >= 15 is 0 Å². The molecule has 1 heteroatoms. The highest BCUT2D eigenvalue weighted by molar-refractivity contribution is 7.99. The fourth-order valence-corrected chi connectivity index (χ4v) is 3.40. The smallest absolute Gasteiger partial charge is 0.0245 e. The lowest BCUT2D eigenvalue weighted by Gasteiger charge is -2.07. The lowest BCUT2D eigenvalue weighted by atomic mass is 9.97. The highest BCUT2D eigenvalue weighted by atomic mass is 32.2. The van der Waals surface area contributed by atoms with Crippen molar-refractivity contribution >= 4 is 11.8 Å². The molecule has 0 aromatic heterocycles. The summed E-state index contributed by atoms with van der Waals surface area (Å²) in [6, 6.07) is 8.83. The van der Waals surface area contributed by atoms with Crippen LogP contribution in [0.5, 0.6) is 0 Å². The van der Waals surface area contributed by atoms with Gasteiger partial charge in [-0.05, 0) is 75.7 Å². The molecule has 0 saturated carbocycles. The van der Waals surface area contributed by atoms with Gasteiger partial charge in [0.1, 0.15) is 0 Å². The number of hydrogen-bond acceptors (Lipinski definition) is 1. The SMILES string of the molecule is CCCSCCCCCCCCc1ccc(C#CC(C)(C)C)cc1. The second-order valence-electron chi connectivity index (χ2n) is 7.68. The van der Waals surface area contributed by atoms with Gasteiger partial charge in [0.2, 0.25) is 0 Å². The summed E-state index contributed by atoms with van der Waals surface area (Å²) in [6.45, 7) is 8.72. The Morgan fingerprint density at radius 1 is 0.833 bits per heavy atom. The molecule has 0 atom stereocenters. The molecule has 0 aliphatic heterocycles. The molecule has 24 heavy (non-hydrogen) atoms. The molecule has 0 amide bonds. The zero-order chi connectivity index (χ0) is 17.7. The van der Waals surface area contributed by atoms with Gasteiger partial charge in [0.15, 0.2) is 0 Å². The number of unbranched alkanes of at least 4 members (excludes halogenated alkanes) is 5. The molecule has 1 aromatic carbocycles. The third-order valence-corrected chi connectivity index (χ3v) is 5.16. The lowest BCUT2D eigenvalue weighted by molar-refractivity contribution is 0.571. The van der Waals surface area contributed by atoms with Crippen LogP contribution in [0, 0.1) is 17.3 Å². The van der Waals surface area contributed by atoms with Crippen LogP contribution in [0.15, 0.2) is 24.3 Å². The minimum atomic E-state index is 0.0767. The van der Waals surface area contributed by atoms with Gasteiger partial charge in [-0.15, -0.1) is 0 Å². The molecular weight excluding hydrogens is 308 g/mol. The summed E-state index contributed by atoms with van der Waals surface area (Å²) in [7, 11) is 0. The molecule has 1 rings (SSSR count). The molecular formula is C23H36S. The van der Waals surface area contributed by atoms with E-state index in [-0.39, 0.29) is 5.41 Å². The molecule has 0 aliphatic rings. The first-order chi connectivity index (χ1) is 11.5. The third kappa shape index (κ3) is 11.6. The van der Waals surface area contributed by atoms with Gasteiger partial charge in [-0.1, -0.05) is 56.6 Å². The largest absolute Gasteiger partial charge is 0.162 e. The van der Waals surface area contributed by atoms with E-state index in [9.17, 15) is 0 Å². The van der Waals surface area contributed by atoms with Crippen molar-refractivity contribution in [1.82, 2.24) is 0 Å². The first kappa shape index (κ1) is 21.2. The number of aryl methyl sites for hydroxylation is 1. The Balaban J connectivity index is 2.10. The maximum absolute atomic E-state index is 3.29. The maximum Gasteiger partial charge on any atom is 0.0245 e. The van der Waals surface area contributed by atoms with Gasteiger partial charge in [-0.25, -0.2) is 0 Å². The zero-order valence-corrected chi connectivity index (χ0v) is 17.1. The van der Waals surface area contributed by atoms with E-state index in [0.29, 0.717) is 0 Å². The van der Waals surface area contributed by atoms with Gasteiger partial charge < -0.3 is 0 Å². The highest BCUT2D eigenvalue weighted by Gasteiger charge is 2.03. The Kier molecular flexibility index (Phi) is 11.0. The molecule has 0 N–H and O–H groups in total. The van der Waals surface area contributed by atoms with E-state index in [1.807, 2.05) is 0 Å². The van der Waals surface area contributed by atoms with Gasteiger partial charge in [0.05, 0.1) is 0 Å². The fourth-order valence-electron chi connectivity index (χ4n) is 2.50. The summed E-state index contributed by atoms with van der Waals surface area (Å²) in [5.74, 6) is 9.26. The average molecular weight is 345 g/mol. The molecule has 0 aliphatic carbocycles. The first-order valence-electron chi connectivity index (χ1n) is 9.71. The van der Waals surface area contributed by atoms with Gasteiger partial charge in [0.25, 0.3) is 0 Å². The van der Waals surface area contributed by atoms with E-state index in [1.165, 1.54) is 68.4 Å². The lowest BCUT2D eigenvalue weighted by Crippen LogP contribution is -1.99. The Hall–Kier alpha value is -0.870. The van der Waals surface area contributed by atoms with Crippen LogP contribution in [-0.4, -0.2) is 11.5 Å². The molecule has 0 nitrogen and oxygen atoms in total. The normalized spacial score (nSPS) is 11.2. The number of rotatable bonds is 11. The Labute approximate surface area is 155 Å². The average Bonchev–Trinajstić information content (AvgIpc) is 2.55. The van der Waals surface area contributed by atoms with Crippen LogP contribution in [0.1, 0.15) is 83.8 Å². The summed E-state index contributed by atoms with van der Waals surface area (Å²) in [5.41, 5.74) is 2.66. The van der Waals surface area contributed by atoms with Crippen molar-refractivity contribution in [3.63, 3.8) is 0 Å². The molecule has 134 valence electrons. The quantitative estimate of drug-likeness (QED) is 0.304. The van der Waals surface area contributed by atoms with Crippen LogP contribution in [0.3, 0.4) is 0 Å². The number of benzene rings is 1. The van der Waals surface area contributed by atoms with Crippen molar-refractivity contribution in [3.8, 4) is 11.8 Å². The number of hydrogen-bond donors (Lipinski definition) is 0. The van der Waals surface area contributed by atoms with Crippen molar-refractivity contribution in [2.75, 3.05) is 11.5 Å². The second kappa shape index (κ2) is 12.5. The minimum Gasteiger partial charge on any atom is -0.162 e. The van der Waals surface area contributed by atoms with Gasteiger partial charge in [-0.3, -0.25) is 0 Å². The minimum absolute atomic E-state index is 0.0767. The molecule has 0 spiro atoms. The molecule has 0 heterocycles. The standard InChI is InChI=1S/C23H36S/c1-5-19-24-20-11-9-7-6-8-10-12-21-13-15-22(16-14-21)17-18-23(2,3)4/h13-16H,5-12,19-20H2,1-4H3. The molecule has 0 radical (unpaired) electrons. The molecule has 1 aromatic rings. The second-order valence-corrected chi connectivity index (χ2v) is 8.91. The summed E-state index contributed by atoms with van der Waals surface area (Å²) < 4.78 is 0. The van der Waals surface area contributed by atoms with Crippen LogP contribution in [0.25, 0.3) is 0 Å². The summed E-state index contributed by atoms with van der Waals surface area (Å²) in [6.07, 6.45) is 10.8. The van der Waals surface area contributed by atoms with E-state index in [4.69, 9.17) is 0 Å². The van der Waals surface area contributed by atoms with Crippen LogP contribution in [0.2, 0.25) is 0 Å². The van der Waals surface area contributed by atoms with E-state index < -0.39 is 0 Å². The summed E-state index contributed by atoms with van der Waals surface area (Å²) in [5, 5.41) is 0. The Bertz CT molecular complexity index is 481. The maximum atomic E-state index is 3.29. The van der Waals surface area contributed by atoms with Gasteiger partial charge >= 0.3 is 0 Å². The van der Waals surface area contributed by atoms with Crippen molar-refractivity contribution in [1.29, 1.82) is 0 Å². The van der Waals surface area contributed by atoms with Crippen LogP contribution in [-0.2, 0) is 6.42 Å². The highest BCUT2D eigenvalue weighted by Crippen LogP contribution is 2.14. The number of thioether (sulfide) groups is 1. The molecule has 0 unspecified atom stereocenters. The Morgan fingerprint density at radius 2 is 1.46 bits per heavy atom. The zero-order valence-electron chi connectivity index (χ0n) is 16.3. The van der Waals surface area contributed by atoms with E-state index in [2.05, 4.69) is 75.6 Å². The topological polar surface area (TPSA) is 0 Å².